The fraction of sp³-hybridized carbons (Fsp3) is 0.679. The van der Waals surface area contributed by atoms with Crippen molar-refractivity contribution in [2.45, 2.75) is 102 Å². The lowest BCUT2D eigenvalue weighted by molar-refractivity contribution is -0.119. The molecule has 0 saturated heterocycles. The number of hydrogen-bond acceptors (Lipinski definition) is 4. The van der Waals surface area contributed by atoms with Crippen LogP contribution in [0.5, 0.6) is 0 Å². The Hall–Kier alpha value is -1.82. The number of nitrogens with one attached hydrogen (secondary N) is 1. The van der Waals surface area contributed by atoms with Crippen molar-refractivity contribution < 1.29 is 4.79 Å². The predicted molar refractivity (Wildman–Crippen MR) is 139 cm³/mol. The summed E-state index contributed by atoms with van der Waals surface area (Å²) in [6, 6.07) is 9.46. The molecule has 0 unspecified atom stereocenters. The zero-order valence-electron chi connectivity index (χ0n) is 21.2. The minimum absolute atomic E-state index is 0.123. The highest BCUT2D eigenvalue weighted by Crippen LogP contribution is 2.49. The van der Waals surface area contributed by atoms with Crippen LogP contribution in [-0.4, -0.2) is 32.5 Å². The van der Waals surface area contributed by atoms with E-state index in [-0.39, 0.29) is 17.4 Å². The summed E-state index contributed by atoms with van der Waals surface area (Å²) in [4.78, 5) is 12.8. The molecule has 0 aliphatic heterocycles. The number of thioether (sulfide) groups is 1. The number of nitrogens with zero attached hydrogens (tertiary/aromatic N) is 3. The predicted octanol–water partition coefficient (Wildman–Crippen LogP) is 6.39. The Morgan fingerprint density at radius 2 is 1.82 bits per heavy atom. The lowest BCUT2D eigenvalue weighted by Crippen LogP contribution is -2.41. The molecule has 5 nitrogen and oxygen atoms in total. The van der Waals surface area contributed by atoms with E-state index in [2.05, 4.69) is 72.0 Å². The van der Waals surface area contributed by atoms with Gasteiger partial charge in [0.2, 0.25) is 5.91 Å². The fourth-order valence-corrected chi connectivity index (χ4v) is 7.44. The Kier molecular flexibility index (Phi) is 6.80. The zero-order valence-corrected chi connectivity index (χ0v) is 22.0. The third-order valence-corrected chi connectivity index (χ3v) is 9.46. The first-order valence-corrected chi connectivity index (χ1v) is 14.3. The Labute approximate surface area is 208 Å². The molecule has 1 N–H and O–H groups in total. The van der Waals surface area contributed by atoms with Crippen LogP contribution < -0.4 is 5.32 Å². The van der Waals surface area contributed by atoms with Gasteiger partial charge in [0.25, 0.3) is 0 Å². The normalized spacial score (nSPS) is 25.7. The number of fused-ring (bicyclic) bond motifs is 2. The van der Waals surface area contributed by atoms with Gasteiger partial charge in [0.05, 0.1) is 5.75 Å². The van der Waals surface area contributed by atoms with E-state index in [4.69, 9.17) is 0 Å². The summed E-state index contributed by atoms with van der Waals surface area (Å²) >= 11 is 1.54. The maximum Gasteiger partial charge on any atom is 0.230 e. The van der Waals surface area contributed by atoms with Crippen LogP contribution in [-0.2, 0) is 10.2 Å². The number of amides is 1. The average Bonchev–Trinajstić information content (AvgIpc) is 3.61. The standard InChI is InChI=1S/C28H40N4OS/c1-18(24-16-19-9-10-21(24)15-19)29-25(33)17-34-27-31-30-26(32(27)23-7-5-6-8-23)20-11-13-22(14-12-20)28(2,3)4/h11-14,18-19,21,23-24H,5-10,15-17H2,1-4H3,(H,29,33)/t18-,19-,21-,24-/m0/s1. The van der Waals surface area contributed by atoms with E-state index in [9.17, 15) is 4.79 Å². The van der Waals surface area contributed by atoms with Crippen molar-refractivity contribution in [1.82, 2.24) is 20.1 Å². The molecule has 34 heavy (non-hydrogen) atoms. The smallest absolute Gasteiger partial charge is 0.230 e. The van der Waals surface area contributed by atoms with E-state index in [1.54, 1.807) is 11.8 Å². The summed E-state index contributed by atoms with van der Waals surface area (Å²) in [5.41, 5.74) is 2.55. The number of carbonyl (C=O) groups is 1. The lowest BCUT2D eigenvalue weighted by Gasteiger charge is -2.28. The van der Waals surface area contributed by atoms with Crippen LogP contribution in [0.15, 0.2) is 29.4 Å². The van der Waals surface area contributed by atoms with Crippen LogP contribution in [0.2, 0.25) is 0 Å². The van der Waals surface area contributed by atoms with E-state index < -0.39 is 0 Å². The first kappa shape index (κ1) is 23.9. The molecule has 0 radical (unpaired) electrons. The molecule has 0 spiro atoms. The molecule has 1 amide bonds. The second-order valence-electron chi connectivity index (χ2n) is 11.9. The second-order valence-corrected chi connectivity index (χ2v) is 12.9. The van der Waals surface area contributed by atoms with Crippen molar-refractivity contribution in [3.63, 3.8) is 0 Å². The minimum Gasteiger partial charge on any atom is -0.353 e. The third kappa shape index (κ3) is 4.93. The summed E-state index contributed by atoms with van der Waals surface area (Å²) < 4.78 is 2.32. The van der Waals surface area contributed by atoms with E-state index in [1.807, 2.05) is 0 Å². The maximum atomic E-state index is 12.8. The van der Waals surface area contributed by atoms with Crippen LogP contribution in [0.1, 0.15) is 90.7 Å². The lowest BCUT2D eigenvalue weighted by atomic mass is 9.84. The maximum absolute atomic E-state index is 12.8. The minimum atomic E-state index is 0.123. The van der Waals surface area contributed by atoms with Gasteiger partial charge in [0.1, 0.15) is 0 Å². The van der Waals surface area contributed by atoms with Gasteiger partial charge in [-0.25, -0.2) is 0 Å². The van der Waals surface area contributed by atoms with Crippen LogP contribution >= 0.6 is 11.8 Å². The summed E-state index contributed by atoms with van der Waals surface area (Å²) in [6.45, 7) is 8.91. The number of aromatic nitrogens is 3. The molecule has 1 heterocycles. The largest absolute Gasteiger partial charge is 0.353 e. The van der Waals surface area contributed by atoms with Gasteiger partial charge < -0.3 is 5.32 Å². The van der Waals surface area contributed by atoms with Crippen LogP contribution in [0.4, 0.5) is 0 Å². The van der Waals surface area contributed by atoms with Gasteiger partial charge in [-0.2, -0.15) is 0 Å². The molecule has 5 rings (SSSR count). The molecule has 2 bridgehead atoms. The van der Waals surface area contributed by atoms with Gasteiger partial charge >= 0.3 is 0 Å². The van der Waals surface area contributed by atoms with Gasteiger partial charge in [-0.15, -0.1) is 10.2 Å². The van der Waals surface area contributed by atoms with Crippen molar-refractivity contribution >= 4 is 17.7 Å². The quantitative estimate of drug-likeness (QED) is 0.466. The van der Waals surface area contributed by atoms with E-state index in [0.717, 1.165) is 41.2 Å². The van der Waals surface area contributed by atoms with E-state index in [1.165, 1.54) is 44.1 Å². The third-order valence-electron chi connectivity index (χ3n) is 8.52. The van der Waals surface area contributed by atoms with Crippen LogP contribution in [0, 0.1) is 17.8 Å². The average molecular weight is 481 g/mol. The van der Waals surface area contributed by atoms with Crippen molar-refractivity contribution in [2.75, 3.05) is 5.75 Å². The number of rotatable bonds is 7. The zero-order chi connectivity index (χ0) is 23.9. The highest BCUT2D eigenvalue weighted by molar-refractivity contribution is 7.99. The summed E-state index contributed by atoms with van der Waals surface area (Å²) in [7, 11) is 0. The summed E-state index contributed by atoms with van der Waals surface area (Å²) in [5, 5.41) is 13.4. The van der Waals surface area contributed by atoms with Gasteiger partial charge in [-0.1, -0.05) is 76.1 Å². The molecular weight excluding hydrogens is 440 g/mol. The van der Waals surface area contributed by atoms with Crippen LogP contribution in [0.25, 0.3) is 11.4 Å². The molecule has 3 aliphatic carbocycles. The number of carbonyl (C=O) groups excluding carboxylic acids is 1. The van der Waals surface area contributed by atoms with Gasteiger partial charge in [0, 0.05) is 17.6 Å². The Bertz CT molecular complexity index is 1000. The van der Waals surface area contributed by atoms with E-state index >= 15 is 0 Å². The molecule has 3 aliphatic rings. The monoisotopic (exact) mass is 480 g/mol. The van der Waals surface area contributed by atoms with Crippen LogP contribution in [0.3, 0.4) is 0 Å². The molecule has 184 valence electrons. The second kappa shape index (κ2) is 9.67. The van der Waals surface area contributed by atoms with Crippen molar-refractivity contribution in [1.29, 1.82) is 0 Å². The molecule has 6 heteroatoms. The topological polar surface area (TPSA) is 59.8 Å². The highest BCUT2D eigenvalue weighted by atomic mass is 32.2. The molecule has 3 saturated carbocycles. The van der Waals surface area contributed by atoms with Gasteiger partial charge in [-0.05, 0) is 67.8 Å². The van der Waals surface area contributed by atoms with E-state index in [0.29, 0.717) is 17.7 Å². The van der Waals surface area contributed by atoms with Crippen molar-refractivity contribution in [2.24, 2.45) is 17.8 Å². The molecular formula is C28H40N4OS. The molecule has 1 aromatic heterocycles. The number of benzene rings is 1. The molecule has 2 aromatic rings. The Balaban J connectivity index is 1.28. The van der Waals surface area contributed by atoms with Gasteiger partial charge in [0.15, 0.2) is 11.0 Å². The molecule has 4 atom stereocenters. The fourth-order valence-electron chi connectivity index (χ4n) is 6.62. The summed E-state index contributed by atoms with van der Waals surface area (Å²) in [5.74, 6) is 3.86. The first-order chi connectivity index (χ1) is 16.3. The van der Waals surface area contributed by atoms with Crippen molar-refractivity contribution in [3.8, 4) is 11.4 Å². The first-order valence-electron chi connectivity index (χ1n) is 13.3. The van der Waals surface area contributed by atoms with Crippen molar-refractivity contribution in [3.05, 3.63) is 29.8 Å². The SMILES string of the molecule is C[C@H](NC(=O)CSc1nnc(-c2ccc(C(C)(C)C)cc2)n1C1CCCC1)[C@@H]1C[C@H]2CC[C@H]1C2. The summed E-state index contributed by atoms with van der Waals surface area (Å²) in [6.07, 6.45) is 10.2. The number of hydrogen-bond donors (Lipinski definition) is 1. The Morgan fingerprint density at radius 1 is 1.09 bits per heavy atom. The Morgan fingerprint density at radius 3 is 2.44 bits per heavy atom. The highest BCUT2D eigenvalue weighted by Gasteiger charge is 2.42. The van der Waals surface area contributed by atoms with Gasteiger partial charge in [-0.3, -0.25) is 9.36 Å². The molecule has 1 aromatic carbocycles. The molecule has 3 fully saturated rings.